The minimum absolute atomic E-state index is 0.587. The highest BCUT2D eigenvalue weighted by atomic mass is 79.9. The van der Waals surface area contributed by atoms with Gasteiger partial charge in [0.25, 0.3) is 0 Å². The molecule has 1 unspecified atom stereocenters. The summed E-state index contributed by atoms with van der Waals surface area (Å²) in [6.45, 7) is 10.8. The molecule has 0 bridgehead atoms. The van der Waals surface area contributed by atoms with Gasteiger partial charge >= 0.3 is 0 Å². The van der Waals surface area contributed by atoms with Crippen molar-refractivity contribution in [2.24, 2.45) is 11.3 Å². The van der Waals surface area contributed by atoms with Crippen molar-refractivity contribution >= 4 is 15.9 Å². The Morgan fingerprint density at radius 1 is 1.25 bits per heavy atom. The van der Waals surface area contributed by atoms with E-state index in [0.717, 1.165) is 5.92 Å². The maximum atomic E-state index is 3.75. The maximum Gasteiger partial charge on any atom is 0.0100 e. The van der Waals surface area contributed by atoms with E-state index in [2.05, 4.69) is 41.6 Å². The average Bonchev–Trinajstić information content (AvgIpc) is 2.77. The molecule has 0 heterocycles. The van der Waals surface area contributed by atoms with Crippen LogP contribution >= 0.6 is 15.9 Å². The molecule has 1 aliphatic carbocycles. The zero-order chi connectivity index (χ0) is 12.0. The summed E-state index contributed by atoms with van der Waals surface area (Å²) in [4.78, 5) is 2.67. The van der Waals surface area contributed by atoms with Crippen LogP contribution in [-0.2, 0) is 0 Å². The Labute approximate surface area is 110 Å². The Morgan fingerprint density at radius 2 is 1.88 bits per heavy atom. The summed E-state index contributed by atoms with van der Waals surface area (Å²) in [7, 11) is 0. The number of halogens is 1. The Bertz CT molecular complexity index is 187. The molecule has 0 radical (unpaired) electrons. The third-order valence-electron chi connectivity index (χ3n) is 4.22. The summed E-state index contributed by atoms with van der Waals surface area (Å²) < 4.78 is 0. The smallest absolute Gasteiger partial charge is 0.0100 e. The van der Waals surface area contributed by atoms with Gasteiger partial charge in [-0.1, -0.05) is 56.0 Å². The first-order valence-electron chi connectivity index (χ1n) is 6.94. The Morgan fingerprint density at radius 3 is 2.31 bits per heavy atom. The third kappa shape index (κ3) is 4.03. The molecule has 1 aliphatic rings. The molecular weight excluding hydrogens is 262 g/mol. The normalized spacial score (nSPS) is 21.6. The summed E-state index contributed by atoms with van der Waals surface area (Å²) in [6, 6.07) is 0. The highest BCUT2D eigenvalue weighted by Crippen LogP contribution is 2.40. The van der Waals surface area contributed by atoms with Gasteiger partial charge in [0, 0.05) is 18.4 Å². The number of hydrogen-bond acceptors (Lipinski definition) is 1. The van der Waals surface area contributed by atoms with Gasteiger partial charge in [0.05, 0.1) is 0 Å². The number of hydrogen-bond donors (Lipinski definition) is 0. The van der Waals surface area contributed by atoms with E-state index in [1.54, 1.807) is 0 Å². The molecular formula is C14H28BrN. The van der Waals surface area contributed by atoms with E-state index >= 15 is 0 Å². The van der Waals surface area contributed by atoms with Gasteiger partial charge in [0.2, 0.25) is 0 Å². The highest BCUT2D eigenvalue weighted by molar-refractivity contribution is 9.09. The van der Waals surface area contributed by atoms with Crippen molar-refractivity contribution in [3.05, 3.63) is 0 Å². The van der Waals surface area contributed by atoms with Gasteiger partial charge in [-0.15, -0.1) is 0 Å². The van der Waals surface area contributed by atoms with Crippen LogP contribution in [-0.4, -0.2) is 29.9 Å². The van der Waals surface area contributed by atoms with Crippen molar-refractivity contribution in [2.45, 2.75) is 52.9 Å². The fourth-order valence-corrected chi connectivity index (χ4v) is 3.55. The predicted molar refractivity (Wildman–Crippen MR) is 76.3 cm³/mol. The summed E-state index contributed by atoms with van der Waals surface area (Å²) in [5.41, 5.74) is 0.587. The molecule has 96 valence electrons. The maximum absolute atomic E-state index is 3.75. The summed E-state index contributed by atoms with van der Waals surface area (Å²) in [5, 5.41) is 1.19. The lowest BCUT2D eigenvalue weighted by atomic mass is 9.88. The molecule has 16 heavy (non-hydrogen) atoms. The summed E-state index contributed by atoms with van der Waals surface area (Å²) >= 11 is 3.75. The molecule has 0 aromatic heterocycles. The molecule has 1 fully saturated rings. The van der Waals surface area contributed by atoms with Gasteiger partial charge in [-0.3, -0.25) is 0 Å². The molecule has 0 N–H and O–H groups in total. The van der Waals surface area contributed by atoms with E-state index in [4.69, 9.17) is 0 Å². The molecule has 0 aliphatic heterocycles. The van der Waals surface area contributed by atoms with Crippen LogP contribution in [0.1, 0.15) is 52.9 Å². The molecule has 1 nitrogen and oxygen atoms in total. The molecule has 2 heteroatoms. The van der Waals surface area contributed by atoms with Gasteiger partial charge in [-0.05, 0) is 30.7 Å². The lowest BCUT2D eigenvalue weighted by Crippen LogP contribution is -2.39. The van der Waals surface area contributed by atoms with E-state index in [0.29, 0.717) is 5.41 Å². The van der Waals surface area contributed by atoms with Crippen LogP contribution in [0.3, 0.4) is 0 Å². The minimum Gasteiger partial charge on any atom is -0.303 e. The number of nitrogens with zero attached hydrogens (tertiary/aromatic N) is 1. The van der Waals surface area contributed by atoms with Crippen LogP contribution in [0.2, 0.25) is 0 Å². The molecule has 1 atom stereocenters. The topological polar surface area (TPSA) is 3.24 Å². The molecule has 0 saturated heterocycles. The third-order valence-corrected chi connectivity index (χ3v) is 5.41. The monoisotopic (exact) mass is 289 g/mol. The quantitative estimate of drug-likeness (QED) is 0.632. The molecule has 0 aromatic rings. The zero-order valence-electron chi connectivity index (χ0n) is 11.3. The SMILES string of the molecule is CCC(C)CN(CC)CC1(CBr)CCCC1. The van der Waals surface area contributed by atoms with E-state index in [-0.39, 0.29) is 0 Å². The minimum atomic E-state index is 0.587. The van der Waals surface area contributed by atoms with Crippen molar-refractivity contribution in [2.75, 3.05) is 25.0 Å². The van der Waals surface area contributed by atoms with E-state index < -0.39 is 0 Å². The van der Waals surface area contributed by atoms with Crippen LogP contribution in [0.4, 0.5) is 0 Å². The second-order valence-electron chi connectivity index (χ2n) is 5.68. The first kappa shape index (κ1) is 14.5. The second-order valence-corrected chi connectivity index (χ2v) is 6.24. The number of rotatable bonds is 7. The van der Waals surface area contributed by atoms with Crippen LogP contribution < -0.4 is 0 Å². The fraction of sp³-hybridized carbons (Fsp3) is 1.00. The summed E-state index contributed by atoms with van der Waals surface area (Å²) in [6.07, 6.45) is 7.03. The Balaban J connectivity index is 2.47. The average molecular weight is 290 g/mol. The van der Waals surface area contributed by atoms with Gasteiger partial charge in [-0.25, -0.2) is 0 Å². The van der Waals surface area contributed by atoms with Crippen molar-refractivity contribution in [1.82, 2.24) is 4.90 Å². The van der Waals surface area contributed by atoms with Crippen LogP contribution in [0, 0.1) is 11.3 Å². The summed E-state index contributed by atoms with van der Waals surface area (Å²) in [5.74, 6) is 0.841. The first-order valence-corrected chi connectivity index (χ1v) is 8.06. The van der Waals surface area contributed by atoms with Crippen LogP contribution in [0.25, 0.3) is 0 Å². The first-order chi connectivity index (χ1) is 7.65. The van der Waals surface area contributed by atoms with E-state index in [1.807, 2.05) is 0 Å². The van der Waals surface area contributed by atoms with Gasteiger partial charge in [0.15, 0.2) is 0 Å². The highest BCUT2D eigenvalue weighted by Gasteiger charge is 2.34. The standard InChI is InChI=1S/C14H28BrN/c1-4-13(3)10-16(5-2)12-14(11-15)8-6-7-9-14/h13H,4-12H2,1-3H3. The van der Waals surface area contributed by atoms with Gasteiger partial charge < -0.3 is 4.90 Å². The largest absolute Gasteiger partial charge is 0.303 e. The molecule has 0 amide bonds. The van der Waals surface area contributed by atoms with Crippen molar-refractivity contribution < 1.29 is 0 Å². The van der Waals surface area contributed by atoms with Crippen molar-refractivity contribution in [3.8, 4) is 0 Å². The number of alkyl halides is 1. The van der Waals surface area contributed by atoms with Crippen LogP contribution in [0.5, 0.6) is 0 Å². The predicted octanol–water partition coefficient (Wildman–Crippen LogP) is 4.31. The lowest BCUT2D eigenvalue weighted by Gasteiger charge is -2.34. The Hall–Kier alpha value is 0.440. The molecule has 0 spiro atoms. The molecule has 1 saturated carbocycles. The van der Waals surface area contributed by atoms with Gasteiger partial charge in [-0.2, -0.15) is 0 Å². The molecule has 1 rings (SSSR count). The van der Waals surface area contributed by atoms with Gasteiger partial charge in [0.1, 0.15) is 0 Å². The van der Waals surface area contributed by atoms with Crippen molar-refractivity contribution in [3.63, 3.8) is 0 Å². The van der Waals surface area contributed by atoms with E-state index in [1.165, 1.54) is 57.1 Å². The second kappa shape index (κ2) is 7.00. The Kier molecular flexibility index (Phi) is 6.35. The zero-order valence-corrected chi connectivity index (χ0v) is 12.9. The van der Waals surface area contributed by atoms with E-state index in [9.17, 15) is 0 Å². The molecule has 0 aromatic carbocycles. The van der Waals surface area contributed by atoms with Crippen molar-refractivity contribution in [1.29, 1.82) is 0 Å². The van der Waals surface area contributed by atoms with Crippen LogP contribution in [0.15, 0.2) is 0 Å². The lowest BCUT2D eigenvalue weighted by molar-refractivity contribution is 0.159. The fourth-order valence-electron chi connectivity index (χ4n) is 2.81.